The minimum Gasteiger partial charge on any atom is -0.367 e. The summed E-state index contributed by atoms with van der Waals surface area (Å²) in [6.45, 7) is 10.1. The van der Waals surface area contributed by atoms with Crippen molar-refractivity contribution in [3.63, 3.8) is 0 Å². The smallest absolute Gasteiger partial charge is 0.205 e. The number of rotatable bonds is 8. The minimum atomic E-state index is 0.194. The van der Waals surface area contributed by atoms with E-state index in [4.69, 9.17) is 4.99 Å². The van der Waals surface area contributed by atoms with E-state index in [0.717, 1.165) is 55.6 Å². The van der Waals surface area contributed by atoms with Crippen molar-refractivity contribution in [1.29, 1.82) is 5.26 Å². The lowest BCUT2D eigenvalue weighted by Crippen LogP contribution is -2.38. The van der Waals surface area contributed by atoms with Gasteiger partial charge in [-0.15, -0.1) is 0 Å². The predicted molar refractivity (Wildman–Crippen MR) is 126 cm³/mol. The Bertz CT molecular complexity index is 909. The third-order valence-electron chi connectivity index (χ3n) is 5.82. The van der Waals surface area contributed by atoms with Crippen LogP contribution in [-0.2, 0) is 0 Å². The minimum absolute atomic E-state index is 0.194. The molecule has 1 heterocycles. The van der Waals surface area contributed by atoms with Crippen molar-refractivity contribution in [1.82, 2.24) is 4.90 Å². The number of likely N-dealkylation sites (tertiary alicyclic amines) is 1. The Hall–Kier alpha value is -2.93. The molecule has 156 valence electrons. The highest BCUT2D eigenvalue weighted by Crippen LogP contribution is 2.26. The third kappa shape index (κ3) is 5.57. The summed E-state index contributed by atoms with van der Waals surface area (Å²) in [5.74, 6) is 0. The Labute approximate surface area is 181 Å². The van der Waals surface area contributed by atoms with Crippen LogP contribution in [0.1, 0.15) is 56.6 Å². The SMILES string of the molecule is C=C1CCCN1C(CC)C(=NCC(CC1=CCCC=C1)=NC#N)c1ccc(C)cc1. The monoisotopic (exact) mass is 400 g/mol. The highest BCUT2D eigenvalue weighted by atomic mass is 15.2. The van der Waals surface area contributed by atoms with E-state index >= 15 is 0 Å². The highest BCUT2D eigenvalue weighted by Gasteiger charge is 2.27. The number of benzene rings is 1. The number of hydrogen-bond acceptors (Lipinski definition) is 4. The second kappa shape index (κ2) is 10.7. The molecule has 0 bridgehead atoms. The van der Waals surface area contributed by atoms with Gasteiger partial charge in [-0.3, -0.25) is 4.99 Å². The fourth-order valence-electron chi connectivity index (χ4n) is 4.22. The van der Waals surface area contributed by atoms with Crippen LogP contribution < -0.4 is 0 Å². The maximum absolute atomic E-state index is 9.20. The van der Waals surface area contributed by atoms with Crippen molar-refractivity contribution >= 4 is 11.4 Å². The summed E-state index contributed by atoms with van der Waals surface area (Å²) in [5.41, 5.74) is 6.68. The van der Waals surface area contributed by atoms with E-state index < -0.39 is 0 Å². The normalized spacial score (nSPS) is 18.4. The van der Waals surface area contributed by atoms with Crippen molar-refractivity contribution in [2.45, 2.75) is 58.4 Å². The summed E-state index contributed by atoms with van der Waals surface area (Å²) < 4.78 is 0. The van der Waals surface area contributed by atoms with Gasteiger partial charge in [0, 0.05) is 18.7 Å². The first-order valence-electron chi connectivity index (χ1n) is 11.0. The van der Waals surface area contributed by atoms with Crippen LogP contribution in [0.4, 0.5) is 0 Å². The Kier molecular flexibility index (Phi) is 7.79. The van der Waals surface area contributed by atoms with Crippen LogP contribution in [0, 0.1) is 18.4 Å². The molecule has 3 rings (SSSR count). The van der Waals surface area contributed by atoms with Crippen molar-refractivity contribution in [2.75, 3.05) is 13.1 Å². The summed E-state index contributed by atoms with van der Waals surface area (Å²) in [6, 6.07) is 8.78. The molecule has 0 spiro atoms. The second-order valence-corrected chi connectivity index (χ2v) is 8.07. The molecular weight excluding hydrogens is 368 g/mol. The molecule has 1 unspecified atom stereocenters. The molecule has 1 aromatic carbocycles. The molecule has 1 atom stereocenters. The zero-order valence-corrected chi connectivity index (χ0v) is 18.3. The Morgan fingerprint density at radius 3 is 2.67 bits per heavy atom. The number of aliphatic imine (C=N–C) groups is 2. The summed E-state index contributed by atoms with van der Waals surface area (Å²) in [4.78, 5) is 11.6. The van der Waals surface area contributed by atoms with E-state index in [0.29, 0.717) is 13.0 Å². The number of nitrogens with zero attached hydrogens (tertiary/aromatic N) is 4. The van der Waals surface area contributed by atoms with Crippen LogP contribution in [0.15, 0.2) is 70.3 Å². The first-order chi connectivity index (χ1) is 14.6. The van der Waals surface area contributed by atoms with Gasteiger partial charge in [0.1, 0.15) is 0 Å². The summed E-state index contributed by atoms with van der Waals surface area (Å²) in [5, 5.41) is 9.20. The maximum atomic E-state index is 9.20. The average Bonchev–Trinajstić information content (AvgIpc) is 3.18. The van der Waals surface area contributed by atoms with Gasteiger partial charge < -0.3 is 4.90 Å². The molecule has 1 aliphatic carbocycles. The van der Waals surface area contributed by atoms with E-state index in [2.05, 4.69) is 72.8 Å². The van der Waals surface area contributed by atoms with Crippen LogP contribution in [0.2, 0.25) is 0 Å². The zero-order chi connectivity index (χ0) is 21.3. The predicted octanol–water partition coefficient (Wildman–Crippen LogP) is 5.76. The van der Waals surface area contributed by atoms with Crippen molar-refractivity contribution in [2.24, 2.45) is 9.98 Å². The van der Waals surface area contributed by atoms with Crippen molar-refractivity contribution in [3.05, 3.63) is 71.5 Å². The van der Waals surface area contributed by atoms with Gasteiger partial charge in [0.2, 0.25) is 6.19 Å². The van der Waals surface area contributed by atoms with E-state index in [-0.39, 0.29) is 6.04 Å². The van der Waals surface area contributed by atoms with Crippen molar-refractivity contribution < 1.29 is 0 Å². The van der Waals surface area contributed by atoms with Gasteiger partial charge in [0.05, 0.1) is 24.0 Å². The van der Waals surface area contributed by atoms with E-state index in [1.54, 1.807) is 0 Å². The lowest BCUT2D eigenvalue weighted by atomic mass is 9.98. The molecule has 1 fully saturated rings. The van der Waals surface area contributed by atoms with E-state index in [9.17, 15) is 5.26 Å². The molecule has 0 N–H and O–H groups in total. The highest BCUT2D eigenvalue weighted by molar-refractivity contribution is 6.06. The Morgan fingerprint density at radius 1 is 1.27 bits per heavy atom. The largest absolute Gasteiger partial charge is 0.367 e. The lowest BCUT2D eigenvalue weighted by molar-refractivity contribution is 0.343. The Balaban J connectivity index is 1.90. The Morgan fingerprint density at radius 2 is 2.07 bits per heavy atom. The molecule has 0 amide bonds. The molecule has 30 heavy (non-hydrogen) atoms. The van der Waals surface area contributed by atoms with Gasteiger partial charge in [-0.1, -0.05) is 61.6 Å². The first kappa shape index (κ1) is 21.8. The maximum Gasteiger partial charge on any atom is 0.205 e. The molecule has 0 aromatic heterocycles. The first-order valence-corrected chi connectivity index (χ1v) is 11.0. The lowest BCUT2D eigenvalue weighted by Gasteiger charge is -2.31. The van der Waals surface area contributed by atoms with Crippen LogP contribution in [0.3, 0.4) is 0 Å². The topological polar surface area (TPSA) is 51.8 Å². The molecule has 2 aliphatic rings. The van der Waals surface area contributed by atoms with Gasteiger partial charge in [0.25, 0.3) is 0 Å². The number of nitriles is 1. The molecule has 0 saturated carbocycles. The van der Waals surface area contributed by atoms with E-state index in [1.807, 2.05) is 6.19 Å². The molecule has 1 saturated heterocycles. The van der Waals surface area contributed by atoms with Crippen LogP contribution in [0.25, 0.3) is 0 Å². The standard InChI is InChI=1S/C26H32N4/c1-4-25(30-16-8-9-21(30)3)26(23-14-12-20(2)13-15-23)28-18-24(29-19-27)17-22-10-6-5-7-11-22/h6,10-15,25H,3-5,7-9,16-18H2,1-2H3. The zero-order valence-electron chi connectivity index (χ0n) is 18.3. The number of aryl methyl sites for hydroxylation is 1. The van der Waals surface area contributed by atoms with E-state index in [1.165, 1.54) is 16.8 Å². The van der Waals surface area contributed by atoms with Gasteiger partial charge in [-0.05, 0) is 50.2 Å². The number of hydrogen-bond donors (Lipinski definition) is 0. The van der Waals surface area contributed by atoms with Gasteiger partial charge in [0.15, 0.2) is 0 Å². The molecule has 4 heteroatoms. The number of allylic oxidation sites excluding steroid dienone is 5. The summed E-state index contributed by atoms with van der Waals surface area (Å²) in [6.07, 6.45) is 14.5. The van der Waals surface area contributed by atoms with Gasteiger partial charge >= 0.3 is 0 Å². The molecular formula is C26H32N4. The van der Waals surface area contributed by atoms with Gasteiger partial charge in [-0.2, -0.15) is 10.3 Å². The van der Waals surface area contributed by atoms with Crippen LogP contribution >= 0.6 is 0 Å². The fourth-order valence-corrected chi connectivity index (χ4v) is 4.22. The van der Waals surface area contributed by atoms with Crippen molar-refractivity contribution in [3.8, 4) is 6.19 Å². The van der Waals surface area contributed by atoms with Crippen LogP contribution in [-0.4, -0.2) is 35.5 Å². The van der Waals surface area contributed by atoms with Crippen LogP contribution in [0.5, 0.6) is 0 Å². The van der Waals surface area contributed by atoms with Gasteiger partial charge in [-0.25, -0.2) is 0 Å². The summed E-state index contributed by atoms with van der Waals surface area (Å²) >= 11 is 0. The third-order valence-corrected chi connectivity index (χ3v) is 5.82. The molecule has 0 radical (unpaired) electrons. The molecule has 1 aromatic rings. The summed E-state index contributed by atoms with van der Waals surface area (Å²) in [7, 11) is 0. The molecule has 4 nitrogen and oxygen atoms in total. The fraction of sp³-hybridized carbons (Fsp3) is 0.423. The second-order valence-electron chi connectivity index (χ2n) is 8.07. The molecule has 1 aliphatic heterocycles. The quantitative estimate of drug-likeness (QED) is 0.411. The average molecular weight is 401 g/mol.